The maximum atomic E-state index is 12.2. The zero-order chi connectivity index (χ0) is 22.0. The highest BCUT2D eigenvalue weighted by Crippen LogP contribution is 2.33. The van der Waals surface area contributed by atoms with E-state index in [-0.39, 0.29) is 12.5 Å². The average Bonchev–Trinajstić information content (AvgIpc) is 2.99. The lowest BCUT2D eigenvalue weighted by Crippen LogP contribution is -2.51. The molecule has 30 heavy (non-hydrogen) atoms. The molecule has 0 radical (unpaired) electrons. The molecule has 2 heterocycles. The molecule has 0 spiro atoms. The van der Waals surface area contributed by atoms with E-state index in [1.807, 2.05) is 21.9 Å². The first-order chi connectivity index (χ1) is 14.2. The van der Waals surface area contributed by atoms with Gasteiger partial charge in [0.15, 0.2) is 0 Å². The third-order valence-corrected chi connectivity index (χ3v) is 5.83. The lowest BCUT2D eigenvalue weighted by Gasteiger charge is -2.37. The molecule has 1 aliphatic heterocycles. The van der Waals surface area contributed by atoms with E-state index in [9.17, 15) is 24.6 Å². The van der Waals surface area contributed by atoms with Crippen molar-refractivity contribution in [3.8, 4) is 0 Å². The van der Waals surface area contributed by atoms with E-state index in [0.717, 1.165) is 9.86 Å². The van der Waals surface area contributed by atoms with E-state index in [0.29, 0.717) is 43.8 Å². The predicted octanol–water partition coefficient (Wildman–Crippen LogP) is 1.32. The van der Waals surface area contributed by atoms with Crippen molar-refractivity contribution in [1.82, 2.24) is 19.3 Å². The molecule has 0 saturated carbocycles. The van der Waals surface area contributed by atoms with Gasteiger partial charge in [0.05, 0.1) is 12.1 Å². The Hall–Kier alpha value is -2.43. The van der Waals surface area contributed by atoms with Crippen LogP contribution in [0.15, 0.2) is 28.9 Å². The van der Waals surface area contributed by atoms with Gasteiger partial charge in [-0.25, -0.2) is 0 Å². The summed E-state index contributed by atoms with van der Waals surface area (Å²) in [5, 5.41) is 20.0. The van der Waals surface area contributed by atoms with Crippen LogP contribution in [-0.2, 0) is 20.9 Å². The Balaban J connectivity index is 1.87. The number of aromatic nitrogens is 1. The van der Waals surface area contributed by atoms with Gasteiger partial charge in [-0.3, -0.25) is 24.2 Å². The van der Waals surface area contributed by atoms with Gasteiger partial charge in [-0.1, -0.05) is 22.0 Å². The molecule has 3 rings (SSSR count). The van der Waals surface area contributed by atoms with Crippen LogP contribution in [0.5, 0.6) is 0 Å². The Labute approximate surface area is 182 Å². The normalized spacial score (nSPS) is 16.5. The maximum absolute atomic E-state index is 12.2. The Bertz CT molecular complexity index is 966. The van der Waals surface area contributed by atoms with E-state index >= 15 is 0 Å². The molecule has 10 heteroatoms. The number of amides is 1. The second-order valence-corrected chi connectivity index (χ2v) is 8.52. The third kappa shape index (κ3) is 4.82. The summed E-state index contributed by atoms with van der Waals surface area (Å²) in [6, 6.07) is 4.54. The summed E-state index contributed by atoms with van der Waals surface area (Å²) >= 11 is 3.40. The number of fused-ring (bicyclic) bond motifs is 1. The van der Waals surface area contributed by atoms with Crippen LogP contribution in [0, 0.1) is 0 Å². The molecular formula is C20H25BrN4O5. The summed E-state index contributed by atoms with van der Waals surface area (Å²) in [4.78, 5) is 40.9. The summed E-state index contributed by atoms with van der Waals surface area (Å²) in [5.41, 5.74) is 1.24. The molecule has 2 aromatic rings. The zero-order valence-electron chi connectivity index (χ0n) is 16.9. The average molecular weight is 481 g/mol. The first-order valence-electron chi connectivity index (χ1n) is 9.57. The summed E-state index contributed by atoms with van der Waals surface area (Å²) in [6.07, 6.45) is 1.63. The number of aliphatic carboxylic acids is 2. The topological polar surface area (TPSA) is 106 Å². The van der Waals surface area contributed by atoms with E-state index in [1.165, 1.54) is 0 Å². The minimum atomic E-state index is -0.996. The Kier molecular flexibility index (Phi) is 6.79. The van der Waals surface area contributed by atoms with Gasteiger partial charge in [0.1, 0.15) is 12.6 Å². The Morgan fingerprint density at radius 2 is 1.77 bits per heavy atom. The van der Waals surface area contributed by atoms with Crippen molar-refractivity contribution in [3.63, 3.8) is 0 Å². The van der Waals surface area contributed by atoms with Crippen molar-refractivity contribution in [2.24, 2.45) is 0 Å². The minimum Gasteiger partial charge on any atom is -0.480 e. The number of nitrogens with zero attached hydrogens (tertiary/aromatic N) is 4. The number of hydrogen-bond acceptors (Lipinski definition) is 5. The number of carbonyl (C=O) groups is 3. The summed E-state index contributed by atoms with van der Waals surface area (Å²) in [6.45, 7) is 2.23. The number of piperazine rings is 1. The molecule has 9 nitrogen and oxygen atoms in total. The largest absolute Gasteiger partial charge is 0.480 e. The fourth-order valence-corrected chi connectivity index (χ4v) is 4.14. The molecule has 2 N–H and O–H groups in total. The van der Waals surface area contributed by atoms with Gasteiger partial charge in [0.2, 0.25) is 5.91 Å². The first kappa shape index (κ1) is 22.3. The van der Waals surface area contributed by atoms with Crippen LogP contribution in [0.2, 0.25) is 0 Å². The third-order valence-electron chi connectivity index (χ3n) is 5.34. The van der Waals surface area contributed by atoms with Gasteiger partial charge in [0.25, 0.3) is 0 Å². The lowest BCUT2D eigenvalue weighted by molar-refractivity contribution is -0.145. The van der Waals surface area contributed by atoms with E-state index in [1.54, 1.807) is 35.8 Å². The molecule has 1 amide bonds. The molecule has 1 aliphatic rings. The SMILES string of the molecule is CN(C)C(=O)CN1CCN([C@@H](C(=O)O)c2cn(CC(=O)O)c3cc(Br)ccc23)CC1. The highest BCUT2D eigenvalue weighted by atomic mass is 79.9. The fraction of sp³-hybridized carbons (Fsp3) is 0.450. The molecule has 0 unspecified atom stereocenters. The van der Waals surface area contributed by atoms with Crippen molar-refractivity contribution >= 4 is 44.7 Å². The van der Waals surface area contributed by atoms with Crippen molar-refractivity contribution < 1.29 is 24.6 Å². The number of carboxylic acids is 2. The minimum absolute atomic E-state index is 0.0144. The van der Waals surface area contributed by atoms with Crippen molar-refractivity contribution in [1.29, 1.82) is 0 Å². The number of benzene rings is 1. The smallest absolute Gasteiger partial charge is 0.325 e. The molecule has 1 fully saturated rings. The van der Waals surface area contributed by atoms with Gasteiger partial charge in [-0.15, -0.1) is 0 Å². The van der Waals surface area contributed by atoms with Crippen LogP contribution in [0.3, 0.4) is 0 Å². The number of hydrogen-bond donors (Lipinski definition) is 2. The lowest BCUT2D eigenvalue weighted by atomic mass is 10.0. The number of carbonyl (C=O) groups excluding carboxylic acids is 1. The number of likely N-dealkylation sites (N-methyl/N-ethyl adjacent to an activating group) is 1. The highest BCUT2D eigenvalue weighted by Gasteiger charge is 2.33. The van der Waals surface area contributed by atoms with Crippen LogP contribution in [0.25, 0.3) is 10.9 Å². The monoisotopic (exact) mass is 480 g/mol. The van der Waals surface area contributed by atoms with E-state index in [4.69, 9.17) is 0 Å². The van der Waals surface area contributed by atoms with Crippen molar-refractivity contribution in [2.45, 2.75) is 12.6 Å². The van der Waals surface area contributed by atoms with Gasteiger partial charge in [0, 0.05) is 61.9 Å². The molecule has 0 aliphatic carbocycles. The molecule has 1 atom stereocenters. The van der Waals surface area contributed by atoms with Crippen LogP contribution >= 0.6 is 15.9 Å². The van der Waals surface area contributed by atoms with Crippen LogP contribution < -0.4 is 0 Å². The zero-order valence-corrected chi connectivity index (χ0v) is 18.5. The van der Waals surface area contributed by atoms with Crippen LogP contribution in [0.4, 0.5) is 0 Å². The van der Waals surface area contributed by atoms with Gasteiger partial charge >= 0.3 is 11.9 Å². The Morgan fingerprint density at radius 3 is 2.33 bits per heavy atom. The number of carboxylic acid groups (broad SMARTS) is 2. The summed E-state index contributed by atoms with van der Waals surface area (Å²) < 4.78 is 2.36. The van der Waals surface area contributed by atoms with Crippen LogP contribution in [-0.4, -0.2) is 94.1 Å². The quantitative estimate of drug-likeness (QED) is 0.615. The molecular weight excluding hydrogens is 456 g/mol. The standard InChI is InChI=1S/C20H25BrN4O5/c1-22(2)17(26)11-23-5-7-24(8-6-23)19(20(29)30)15-10-25(12-18(27)28)16-9-13(21)3-4-14(15)16/h3-4,9-10,19H,5-8,11-12H2,1-2H3,(H,27,28)(H,29,30)/t19-/m1/s1. The van der Waals surface area contributed by atoms with E-state index in [2.05, 4.69) is 15.9 Å². The van der Waals surface area contributed by atoms with Crippen molar-refractivity contribution in [2.75, 3.05) is 46.8 Å². The Morgan fingerprint density at radius 1 is 1.10 bits per heavy atom. The summed E-state index contributed by atoms with van der Waals surface area (Å²) in [7, 11) is 3.43. The second kappa shape index (κ2) is 9.15. The molecule has 1 aromatic heterocycles. The maximum Gasteiger partial charge on any atom is 0.325 e. The second-order valence-electron chi connectivity index (χ2n) is 7.61. The summed E-state index contributed by atoms with van der Waals surface area (Å²) in [5.74, 6) is -1.96. The first-order valence-corrected chi connectivity index (χ1v) is 10.4. The van der Waals surface area contributed by atoms with Gasteiger partial charge in [-0.2, -0.15) is 0 Å². The molecule has 162 valence electrons. The molecule has 1 aromatic carbocycles. The number of rotatable bonds is 7. The van der Waals surface area contributed by atoms with Crippen molar-refractivity contribution in [3.05, 3.63) is 34.4 Å². The van der Waals surface area contributed by atoms with Gasteiger partial charge < -0.3 is 19.7 Å². The van der Waals surface area contributed by atoms with Crippen LogP contribution in [0.1, 0.15) is 11.6 Å². The van der Waals surface area contributed by atoms with Gasteiger partial charge in [-0.05, 0) is 12.1 Å². The molecule has 1 saturated heterocycles. The highest BCUT2D eigenvalue weighted by molar-refractivity contribution is 9.10. The fourth-order valence-electron chi connectivity index (χ4n) is 3.79. The predicted molar refractivity (Wildman–Crippen MR) is 114 cm³/mol. The number of halogens is 1. The molecule has 0 bridgehead atoms. The van der Waals surface area contributed by atoms with E-state index < -0.39 is 18.0 Å².